The number of hydrogen-bond donors (Lipinski definition) is 2. The lowest BCUT2D eigenvalue weighted by atomic mass is 10.1. The van der Waals surface area contributed by atoms with E-state index in [0.29, 0.717) is 34.6 Å². The van der Waals surface area contributed by atoms with Crippen molar-refractivity contribution in [2.45, 2.75) is 13.5 Å². The molecule has 0 aliphatic carbocycles. The molecule has 2 aromatic heterocycles. The Balaban J connectivity index is 1.51. The Morgan fingerprint density at radius 3 is 2.62 bits per heavy atom. The van der Waals surface area contributed by atoms with Crippen LogP contribution in [0, 0.1) is 6.92 Å². The van der Waals surface area contributed by atoms with Crippen LogP contribution in [0.5, 0.6) is 0 Å². The Morgan fingerprint density at radius 2 is 1.90 bits per heavy atom. The molecule has 4 rings (SSSR count). The molecule has 0 aliphatic heterocycles. The van der Waals surface area contributed by atoms with Gasteiger partial charge in [-0.1, -0.05) is 29.8 Å². The van der Waals surface area contributed by atoms with Crippen LogP contribution in [0.3, 0.4) is 0 Å². The highest BCUT2D eigenvalue weighted by molar-refractivity contribution is 6.35. The van der Waals surface area contributed by atoms with Gasteiger partial charge in [0, 0.05) is 5.56 Å². The van der Waals surface area contributed by atoms with Gasteiger partial charge in [0.2, 0.25) is 5.28 Å². The molecule has 146 valence electrons. The number of rotatable bonds is 4. The maximum Gasteiger partial charge on any atom is 0.255 e. The van der Waals surface area contributed by atoms with Crippen LogP contribution in [0.1, 0.15) is 21.5 Å². The molecule has 0 radical (unpaired) electrons. The van der Waals surface area contributed by atoms with Crippen LogP contribution in [0.15, 0.2) is 48.8 Å². The van der Waals surface area contributed by atoms with Gasteiger partial charge in [-0.2, -0.15) is 4.98 Å². The summed E-state index contributed by atoms with van der Waals surface area (Å²) in [5.41, 5.74) is 10.6. The Bertz CT molecular complexity index is 1220. The van der Waals surface area contributed by atoms with Crippen molar-refractivity contribution in [1.82, 2.24) is 19.5 Å². The molecule has 29 heavy (non-hydrogen) atoms. The lowest BCUT2D eigenvalue weighted by Crippen LogP contribution is -2.13. The quantitative estimate of drug-likeness (QED) is 0.287. The number of benzene rings is 2. The summed E-state index contributed by atoms with van der Waals surface area (Å²) < 4.78 is 1.82. The molecule has 0 aliphatic rings. The molecule has 0 saturated heterocycles. The van der Waals surface area contributed by atoms with Crippen LogP contribution in [0.25, 0.3) is 11.2 Å². The summed E-state index contributed by atoms with van der Waals surface area (Å²) in [7, 11) is 0. The number of nitrogens with zero attached hydrogens (tertiary/aromatic N) is 4. The Kier molecular flexibility index (Phi) is 5.08. The molecule has 9 heteroatoms. The molecular formula is C20H16Cl2N6O. The standard InChI is InChI=1S/C20H16Cl2N6O/c1-11-2-7-15(14(23)8-11)25-19(29)13-5-3-12(4-6-13)9-28-10-24-16-17(21)26-20(22)27-18(16)28/h2-8,10H,9,23H2,1H3,(H,25,29). The van der Waals surface area contributed by atoms with Gasteiger partial charge in [0.15, 0.2) is 10.8 Å². The number of anilines is 2. The third kappa shape index (κ3) is 4.01. The van der Waals surface area contributed by atoms with E-state index < -0.39 is 0 Å². The summed E-state index contributed by atoms with van der Waals surface area (Å²) in [5.74, 6) is -0.230. The number of nitrogen functional groups attached to an aromatic ring is 1. The highest BCUT2D eigenvalue weighted by Crippen LogP contribution is 2.22. The van der Waals surface area contributed by atoms with E-state index in [-0.39, 0.29) is 16.3 Å². The molecule has 2 aromatic carbocycles. The van der Waals surface area contributed by atoms with Gasteiger partial charge in [-0.3, -0.25) is 4.79 Å². The van der Waals surface area contributed by atoms with Gasteiger partial charge < -0.3 is 15.6 Å². The van der Waals surface area contributed by atoms with Crippen LogP contribution >= 0.6 is 23.2 Å². The summed E-state index contributed by atoms with van der Waals surface area (Å²) in [6, 6.07) is 12.7. The van der Waals surface area contributed by atoms with Crippen molar-refractivity contribution in [2.24, 2.45) is 0 Å². The molecule has 0 saturated carbocycles. The second-order valence-corrected chi connectivity index (χ2v) is 7.27. The van der Waals surface area contributed by atoms with Crippen molar-refractivity contribution in [3.63, 3.8) is 0 Å². The second-order valence-electron chi connectivity index (χ2n) is 6.57. The summed E-state index contributed by atoms with van der Waals surface area (Å²) >= 11 is 12.0. The van der Waals surface area contributed by atoms with Gasteiger partial charge in [0.1, 0.15) is 5.52 Å². The molecule has 0 atom stereocenters. The van der Waals surface area contributed by atoms with Gasteiger partial charge in [-0.25, -0.2) is 9.97 Å². The molecule has 0 fully saturated rings. The van der Waals surface area contributed by atoms with Crippen molar-refractivity contribution in [1.29, 1.82) is 0 Å². The summed E-state index contributed by atoms with van der Waals surface area (Å²) in [4.78, 5) is 24.8. The van der Waals surface area contributed by atoms with Crippen molar-refractivity contribution in [2.75, 3.05) is 11.1 Å². The minimum absolute atomic E-state index is 0.0617. The first-order valence-electron chi connectivity index (χ1n) is 8.71. The number of halogens is 2. The van der Waals surface area contributed by atoms with Gasteiger partial charge in [-0.15, -0.1) is 0 Å². The Morgan fingerprint density at radius 1 is 1.14 bits per heavy atom. The molecular weight excluding hydrogens is 411 g/mol. The highest BCUT2D eigenvalue weighted by Gasteiger charge is 2.12. The number of carbonyl (C=O) groups excluding carboxylic acids is 1. The first-order chi connectivity index (χ1) is 13.9. The minimum Gasteiger partial charge on any atom is -0.397 e. The Labute approximate surface area is 176 Å². The van der Waals surface area contributed by atoms with Gasteiger partial charge in [0.25, 0.3) is 5.91 Å². The number of aryl methyl sites for hydroxylation is 1. The monoisotopic (exact) mass is 426 g/mol. The molecule has 1 amide bonds. The SMILES string of the molecule is Cc1ccc(NC(=O)c2ccc(Cn3cnc4c(Cl)nc(Cl)nc43)cc2)c(N)c1. The molecule has 0 spiro atoms. The van der Waals surface area contributed by atoms with Gasteiger partial charge in [-0.05, 0) is 53.9 Å². The predicted molar refractivity (Wildman–Crippen MR) is 114 cm³/mol. The second kappa shape index (κ2) is 7.69. The number of nitrogens with two attached hydrogens (primary N) is 1. The van der Waals surface area contributed by atoms with E-state index in [4.69, 9.17) is 28.9 Å². The van der Waals surface area contributed by atoms with Crippen LogP contribution < -0.4 is 11.1 Å². The van der Waals surface area contributed by atoms with Crippen molar-refractivity contribution < 1.29 is 4.79 Å². The summed E-state index contributed by atoms with van der Waals surface area (Å²) in [5, 5.41) is 3.10. The molecule has 4 aromatic rings. The van der Waals surface area contributed by atoms with E-state index >= 15 is 0 Å². The number of aromatic nitrogens is 4. The maximum atomic E-state index is 12.5. The zero-order valence-corrected chi connectivity index (χ0v) is 16.9. The number of amides is 1. The smallest absolute Gasteiger partial charge is 0.255 e. The summed E-state index contributed by atoms with van der Waals surface area (Å²) in [6.45, 7) is 2.44. The van der Waals surface area contributed by atoms with E-state index in [1.165, 1.54) is 0 Å². The third-order valence-electron chi connectivity index (χ3n) is 4.42. The average molecular weight is 427 g/mol. The minimum atomic E-state index is -0.230. The van der Waals surface area contributed by atoms with E-state index in [9.17, 15) is 4.79 Å². The fourth-order valence-corrected chi connectivity index (χ4v) is 3.37. The number of fused-ring (bicyclic) bond motifs is 1. The first-order valence-corrected chi connectivity index (χ1v) is 9.46. The topological polar surface area (TPSA) is 98.7 Å². The summed E-state index contributed by atoms with van der Waals surface area (Å²) in [6.07, 6.45) is 1.63. The number of hydrogen-bond acceptors (Lipinski definition) is 5. The van der Waals surface area contributed by atoms with Gasteiger partial charge in [0.05, 0.1) is 24.2 Å². The zero-order chi connectivity index (χ0) is 20.5. The van der Waals surface area contributed by atoms with Crippen LogP contribution in [0.4, 0.5) is 11.4 Å². The van der Waals surface area contributed by atoms with Crippen molar-refractivity contribution >= 4 is 51.6 Å². The Hall–Kier alpha value is -3.16. The number of nitrogens with one attached hydrogen (secondary N) is 1. The van der Waals surface area contributed by atoms with Crippen molar-refractivity contribution in [3.05, 3.63) is 75.9 Å². The van der Waals surface area contributed by atoms with Crippen molar-refractivity contribution in [3.8, 4) is 0 Å². The van der Waals surface area contributed by atoms with E-state index in [1.807, 2.05) is 35.8 Å². The largest absolute Gasteiger partial charge is 0.397 e. The molecule has 3 N–H and O–H groups in total. The van der Waals surface area contributed by atoms with Crippen LogP contribution in [0.2, 0.25) is 10.4 Å². The predicted octanol–water partition coefficient (Wildman–Crippen LogP) is 4.32. The fraction of sp³-hybridized carbons (Fsp3) is 0.100. The molecule has 7 nitrogen and oxygen atoms in total. The van der Waals surface area contributed by atoms with E-state index in [1.54, 1.807) is 24.5 Å². The fourth-order valence-electron chi connectivity index (χ4n) is 2.95. The highest BCUT2D eigenvalue weighted by atomic mass is 35.5. The number of imidazole rings is 1. The lowest BCUT2D eigenvalue weighted by Gasteiger charge is -2.10. The van der Waals surface area contributed by atoms with E-state index in [0.717, 1.165) is 11.1 Å². The zero-order valence-electron chi connectivity index (χ0n) is 15.4. The lowest BCUT2D eigenvalue weighted by molar-refractivity contribution is 0.102. The van der Waals surface area contributed by atoms with Crippen LogP contribution in [-0.2, 0) is 6.54 Å². The van der Waals surface area contributed by atoms with Crippen LogP contribution in [-0.4, -0.2) is 25.4 Å². The third-order valence-corrected chi connectivity index (χ3v) is 4.85. The number of carbonyl (C=O) groups is 1. The normalized spacial score (nSPS) is 11.0. The van der Waals surface area contributed by atoms with Gasteiger partial charge >= 0.3 is 0 Å². The molecule has 0 bridgehead atoms. The molecule has 0 unspecified atom stereocenters. The molecule has 2 heterocycles. The average Bonchev–Trinajstić information content (AvgIpc) is 3.07. The maximum absolute atomic E-state index is 12.5. The van der Waals surface area contributed by atoms with E-state index in [2.05, 4.69) is 20.3 Å². The first kappa shape index (κ1) is 19.2.